The topological polar surface area (TPSA) is 75.3 Å². The van der Waals surface area contributed by atoms with E-state index >= 15 is 0 Å². The highest BCUT2D eigenvalue weighted by Gasteiger charge is 2.41. The van der Waals surface area contributed by atoms with Crippen LogP contribution in [0.15, 0.2) is 77.5 Å². The molecule has 0 saturated carbocycles. The number of aryl methyl sites for hydroxylation is 1. The molecule has 1 aliphatic heterocycles. The summed E-state index contributed by atoms with van der Waals surface area (Å²) >= 11 is 5.76. The summed E-state index contributed by atoms with van der Waals surface area (Å²) in [5.41, 5.74) is 4.76. The molecule has 0 radical (unpaired) electrons. The molecule has 4 heterocycles. The summed E-state index contributed by atoms with van der Waals surface area (Å²) in [7, 11) is 0. The minimum Gasteiger partial charge on any atom is -0.467 e. The fraction of sp³-hybridized carbons (Fsp3) is 0.250. The molecule has 2 unspecified atom stereocenters. The summed E-state index contributed by atoms with van der Waals surface area (Å²) in [5, 5.41) is 6.85. The number of furan rings is 1. The van der Waals surface area contributed by atoms with Crippen LogP contribution in [0.4, 0.5) is 10.1 Å². The summed E-state index contributed by atoms with van der Waals surface area (Å²) in [6.45, 7) is 5.22. The minimum absolute atomic E-state index is 0.155. The van der Waals surface area contributed by atoms with Crippen molar-refractivity contribution in [1.29, 1.82) is 0 Å². The van der Waals surface area contributed by atoms with Crippen molar-refractivity contribution in [3.63, 3.8) is 0 Å². The van der Waals surface area contributed by atoms with Gasteiger partial charge in [-0.2, -0.15) is 0 Å². The number of halogens is 1. The van der Waals surface area contributed by atoms with Crippen LogP contribution in [0.25, 0.3) is 0 Å². The van der Waals surface area contributed by atoms with Gasteiger partial charge < -0.3 is 24.5 Å². The third kappa shape index (κ3) is 5.27. The lowest BCUT2D eigenvalue weighted by atomic mass is 9.96. The molecule has 0 aliphatic carbocycles. The van der Waals surface area contributed by atoms with Crippen molar-refractivity contribution < 1.29 is 13.6 Å². The first-order valence-electron chi connectivity index (χ1n) is 12.1. The second kappa shape index (κ2) is 10.6. The van der Waals surface area contributed by atoms with E-state index < -0.39 is 0 Å². The van der Waals surface area contributed by atoms with Crippen molar-refractivity contribution in [2.24, 2.45) is 0 Å². The van der Waals surface area contributed by atoms with Gasteiger partial charge in [0.05, 0.1) is 30.6 Å². The molecule has 2 atom stereocenters. The van der Waals surface area contributed by atoms with Gasteiger partial charge in [0.2, 0.25) is 5.91 Å². The molecule has 4 aromatic rings. The van der Waals surface area contributed by atoms with Crippen molar-refractivity contribution in [2.45, 2.75) is 38.9 Å². The zero-order chi connectivity index (χ0) is 25.9. The van der Waals surface area contributed by atoms with Gasteiger partial charge in [-0.15, -0.1) is 0 Å². The van der Waals surface area contributed by atoms with Crippen LogP contribution in [0, 0.1) is 19.7 Å². The molecule has 0 bridgehead atoms. The Balaban J connectivity index is 1.42. The number of anilines is 1. The molecule has 5 rings (SSSR count). The first-order valence-corrected chi connectivity index (χ1v) is 12.5. The third-order valence-electron chi connectivity index (χ3n) is 6.73. The van der Waals surface area contributed by atoms with Gasteiger partial charge in [-0.25, -0.2) is 4.39 Å². The van der Waals surface area contributed by atoms with Gasteiger partial charge in [0.1, 0.15) is 11.6 Å². The minimum atomic E-state index is -0.348. The Morgan fingerprint density at radius 3 is 2.68 bits per heavy atom. The van der Waals surface area contributed by atoms with Gasteiger partial charge in [-0.05, 0) is 86.2 Å². The number of nitrogens with one attached hydrogen (secondary N) is 2. The maximum atomic E-state index is 13.2. The van der Waals surface area contributed by atoms with Crippen LogP contribution in [-0.2, 0) is 11.3 Å². The fourth-order valence-electron chi connectivity index (χ4n) is 4.89. The summed E-state index contributed by atoms with van der Waals surface area (Å²) < 4.78 is 21.0. The molecular weight excluding hydrogens is 489 g/mol. The monoisotopic (exact) mass is 517 g/mol. The Bertz CT molecular complexity index is 1390. The smallest absolute Gasteiger partial charge is 0.226 e. The summed E-state index contributed by atoms with van der Waals surface area (Å²) in [6, 6.07) is 17.3. The van der Waals surface area contributed by atoms with E-state index in [1.165, 1.54) is 12.1 Å². The van der Waals surface area contributed by atoms with Crippen LogP contribution in [0.3, 0.4) is 0 Å². The maximum Gasteiger partial charge on any atom is 0.226 e. The number of aromatic nitrogens is 2. The largest absolute Gasteiger partial charge is 0.467 e. The Morgan fingerprint density at radius 2 is 1.97 bits per heavy atom. The molecule has 1 amide bonds. The van der Waals surface area contributed by atoms with Crippen molar-refractivity contribution in [3.8, 4) is 0 Å². The number of benzene rings is 1. The standard InChI is InChI=1S/C28H28FN5O2S/c1-18-16-23(19(2)34(18)17-22-6-5-15-36-22)27-26(24-7-3-4-13-30-24)32-28(37)33(27)14-12-25(35)31-21-10-8-20(29)9-11-21/h3-11,13,15-16,26-27H,12,14,17H2,1-2H3,(H,31,35)(H,32,37). The highest BCUT2D eigenvalue weighted by Crippen LogP contribution is 2.41. The summed E-state index contributed by atoms with van der Waals surface area (Å²) in [4.78, 5) is 19.4. The molecular formula is C28H28FN5O2S. The SMILES string of the molecule is Cc1cc(C2C(c3ccccn3)NC(=S)N2CCC(=O)Nc2ccc(F)cc2)c(C)n1Cc1ccco1. The lowest BCUT2D eigenvalue weighted by molar-refractivity contribution is -0.116. The molecule has 3 aromatic heterocycles. The van der Waals surface area contributed by atoms with Gasteiger partial charge in [0.15, 0.2) is 5.11 Å². The van der Waals surface area contributed by atoms with E-state index in [4.69, 9.17) is 16.6 Å². The zero-order valence-corrected chi connectivity index (χ0v) is 21.5. The predicted molar refractivity (Wildman–Crippen MR) is 144 cm³/mol. The van der Waals surface area contributed by atoms with Gasteiger partial charge in [-0.3, -0.25) is 9.78 Å². The number of thiocarbonyl (C=S) groups is 1. The molecule has 2 N–H and O–H groups in total. The highest BCUT2D eigenvalue weighted by atomic mass is 32.1. The molecule has 7 nitrogen and oxygen atoms in total. The van der Waals surface area contributed by atoms with E-state index in [1.807, 2.05) is 30.3 Å². The van der Waals surface area contributed by atoms with Crippen LogP contribution < -0.4 is 10.6 Å². The Labute approximate surface area is 220 Å². The number of pyridine rings is 1. The third-order valence-corrected chi connectivity index (χ3v) is 7.08. The van der Waals surface area contributed by atoms with E-state index in [-0.39, 0.29) is 30.2 Å². The molecule has 1 fully saturated rings. The first-order chi connectivity index (χ1) is 17.9. The van der Waals surface area contributed by atoms with E-state index in [1.54, 1.807) is 24.6 Å². The van der Waals surface area contributed by atoms with Crippen molar-refractivity contribution in [2.75, 3.05) is 11.9 Å². The molecule has 1 aliphatic rings. The first kappa shape index (κ1) is 24.7. The van der Waals surface area contributed by atoms with Crippen LogP contribution in [0.1, 0.15) is 46.9 Å². The van der Waals surface area contributed by atoms with Crippen molar-refractivity contribution in [1.82, 2.24) is 19.8 Å². The summed E-state index contributed by atoms with van der Waals surface area (Å²) in [6.07, 6.45) is 3.67. The van der Waals surface area contributed by atoms with Gasteiger partial charge >= 0.3 is 0 Å². The Morgan fingerprint density at radius 1 is 1.16 bits per heavy atom. The fourth-order valence-corrected chi connectivity index (χ4v) is 5.22. The second-order valence-electron chi connectivity index (χ2n) is 9.12. The molecule has 1 aromatic carbocycles. The van der Waals surface area contributed by atoms with Crippen molar-refractivity contribution >= 4 is 28.9 Å². The van der Waals surface area contributed by atoms with Crippen molar-refractivity contribution in [3.05, 3.63) is 107 Å². The predicted octanol–water partition coefficient (Wildman–Crippen LogP) is 5.28. The number of carbonyl (C=O) groups is 1. The Hall–Kier alpha value is -3.98. The zero-order valence-electron chi connectivity index (χ0n) is 20.6. The van der Waals surface area contributed by atoms with Gasteiger partial charge in [-0.1, -0.05) is 6.07 Å². The maximum absolute atomic E-state index is 13.2. The molecule has 1 saturated heterocycles. The van der Waals surface area contributed by atoms with E-state index in [0.717, 1.165) is 28.4 Å². The Kier molecular flexibility index (Phi) is 7.05. The molecule has 9 heteroatoms. The quantitative estimate of drug-likeness (QED) is 0.310. The van der Waals surface area contributed by atoms with E-state index in [2.05, 4.69) is 45.0 Å². The van der Waals surface area contributed by atoms with Crippen LogP contribution in [0.5, 0.6) is 0 Å². The highest BCUT2D eigenvalue weighted by molar-refractivity contribution is 7.80. The number of hydrogen-bond donors (Lipinski definition) is 2. The average Bonchev–Trinajstić information content (AvgIpc) is 3.60. The number of hydrogen-bond acceptors (Lipinski definition) is 4. The second-order valence-corrected chi connectivity index (χ2v) is 9.50. The van der Waals surface area contributed by atoms with Gasteiger partial charge in [0.25, 0.3) is 0 Å². The molecule has 0 spiro atoms. The lowest BCUT2D eigenvalue weighted by Gasteiger charge is -2.28. The number of nitrogens with zero attached hydrogens (tertiary/aromatic N) is 3. The summed E-state index contributed by atoms with van der Waals surface area (Å²) in [5.74, 6) is 0.362. The van der Waals surface area contributed by atoms with Crippen LogP contribution in [-0.4, -0.2) is 32.0 Å². The normalized spacial score (nSPS) is 17.2. The lowest BCUT2D eigenvalue weighted by Crippen LogP contribution is -2.33. The van der Waals surface area contributed by atoms with Gasteiger partial charge in [0, 0.05) is 36.2 Å². The number of carbonyl (C=O) groups excluding carboxylic acids is 1. The van der Waals surface area contributed by atoms with Crippen LogP contribution in [0.2, 0.25) is 0 Å². The molecule has 190 valence electrons. The van der Waals surface area contributed by atoms with E-state index in [9.17, 15) is 9.18 Å². The average molecular weight is 518 g/mol. The molecule has 37 heavy (non-hydrogen) atoms. The van der Waals surface area contributed by atoms with E-state index in [0.29, 0.717) is 23.9 Å². The number of rotatable bonds is 8. The number of amides is 1. The van der Waals surface area contributed by atoms with Crippen LogP contribution >= 0.6 is 12.2 Å².